The van der Waals surface area contributed by atoms with E-state index in [1.165, 1.54) is 0 Å². The summed E-state index contributed by atoms with van der Waals surface area (Å²) in [6.07, 6.45) is 3.28. The summed E-state index contributed by atoms with van der Waals surface area (Å²) in [7, 11) is 0. The molecular formula is C12H27NO. The number of aliphatic hydroxyl groups is 1. The van der Waals surface area contributed by atoms with Gasteiger partial charge in [0.05, 0.1) is 0 Å². The van der Waals surface area contributed by atoms with Crippen LogP contribution in [0.5, 0.6) is 0 Å². The van der Waals surface area contributed by atoms with E-state index in [4.69, 9.17) is 0 Å². The third kappa shape index (κ3) is 3.97. The first-order chi connectivity index (χ1) is 6.45. The predicted octanol–water partition coefficient (Wildman–Crippen LogP) is 2.56. The quantitative estimate of drug-likeness (QED) is 0.663. The van der Waals surface area contributed by atoms with Crippen molar-refractivity contribution in [2.24, 2.45) is 5.41 Å². The summed E-state index contributed by atoms with van der Waals surface area (Å²) < 4.78 is 0. The highest BCUT2D eigenvalue weighted by Gasteiger charge is 2.25. The van der Waals surface area contributed by atoms with Crippen molar-refractivity contribution in [3.8, 4) is 0 Å². The maximum Gasteiger partial charge on any atom is 0.0496 e. The van der Waals surface area contributed by atoms with E-state index in [1.54, 1.807) is 0 Å². The molecule has 0 heterocycles. The molecule has 0 saturated carbocycles. The molecular weight excluding hydrogens is 174 g/mol. The van der Waals surface area contributed by atoms with Crippen LogP contribution in [-0.2, 0) is 0 Å². The first-order valence-corrected chi connectivity index (χ1v) is 5.81. The summed E-state index contributed by atoms with van der Waals surface area (Å²) in [5.74, 6) is 0. The molecule has 0 rings (SSSR count). The smallest absolute Gasteiger partial charge is 0.0496 e. The SMILES string of the molecule is CCC(C)(CO)CNC(C)(CC)CC. The molecule has 0 bridgehead atoms. The first kappa shape index (κ1) is 13.9. The van der Waals surface area contributed by atoms with Crippen molar-refractivity contribution < 1.29 is 5.11 Å². The Labute approximate surface area is 89.1 Å². The van der Waals surface area contributed by atoms with Gasteiger partial charge in [0.15, 0.2) is 0 Å². The van der Waals surface area contributed by atoms with Crippen LogP contribution in [0.1, 0.15) is 53.9 Å². The maximum absolute atomic E-state index is 9.29. The molecule has 0 amide bonds. The Hall–Kier alpha value is -0.0800. The molecule has 0 aromatic heterocycles. The lowest BCUT2D eigenvalue weighted by Gasteiger charge is -2.34. The second-order valence-electron chi connectivity index (χ2n) is 4.94. The number of aliphatic hydroxyl groups excluding tert-OH is 1. The molecule has 2 nitrogen and oxygen atoms in total. The fourth-order valence-electron chi connectivity index (χ4n) is 1.22. The monoisotopic (exact) mass is 201 g/mol. The number of hydrogen-bond donors (Lipinski definition) is 2. The van der Waals surface area contributed by atoms with Crippen molar-refractivity contribution in [3.63, 3.8) is 0 Å². The average Bonchev–Trinajstić information content (AvgIpc) is 2.25. The molecule has 0 aliphatic heterocycles. The molecule has 1 atom stereocenters. The van der Waals surface area contributed by atoms with Gasteiger partial charge in [-0.3, -0.25) is 0 Å². The number of hydrogen-bond acceptors (Lipinski definition) is 2. The van der Waals surface area contributed by atoms with E-state index in [-0.39, 0.29) is 17.6 Å². The van der Waals surface area contributed by atoms with Gasteiger partial charge in [-0.25, -0.2) is 0 Å². The minimum Gasteiger partial charge on any atom is -0.396 e. The van der Waals surface area contributed by atoms with E-state index in [9.17, 15) is 5.11 Å². The molecule has 14 heavy (non-hydrogen) atoms. The Morgan fingerprint density at radius 1 is 1.00 bits per heavy atom. The summed E-state index contributed by atoms with van der Waals surface area (Å²) in [4.78, 5) is 0. The van der Waals surface area contributed by atoms with Gasteiger partial charge in [0.1, 0.15) is 0 Å². The summed E-state index contributed by atoms with van der Waals surface area (Å²) >= 11 is 0. The van der Waals surface area contributed by atoms with Gasteiger partial charge in [-0.05, 0) is 26.2 Å². The van der Waals surface area contributed by atoms with Crippen LogP contribution in [0.25, 0.3) is 0 Å². The Bertz CT molecular complexity index is 130. The highest BCUT2D eigenvalue weighted by molar-refractivity contribution is 4.84. The van der Waals surface area contributed by atoms with E-state index in [2.05, 4.69) is 39.9 Å². The van der Waals surface area contributed by atoms with Crippen molar-refractivity contribution in [1.29, 1.82) is 0 Å². The normalized spacial score (nSPS) is 16.7. The van der Waals surface area contributed by atoms with Crippen LogP contribution in [0.3, 0.4) is 0 Å². The van der Waals surface area contributed by atoms with E-state index < -0.39 is 0 Å². The fourth-order valence-corrected chi connectivity index (χ4v) is 1.22. The van der Waals surface area contributed by atoms with Gasteiger partial charge in [0.25, 0.3) is 0 Å². The number of rotatable bonds is 7. The first-order valence-electron chi connectivity index (χ1n) is 5.81. The van der Waals surface area contributed by atoms with Crippen molar-refractivity contribution in [2.75, 3.05) is 13.2 Å². The van der Waals surface area contributed by atoms with Crippen LogP contribution in [-0.4, -0.2) is 23.8 Å². The molecule has 0 aliphatic rings. The van der Waals surface area contributed by atoms with E-state index in [0.717, 1.165) is 25.8 Å². The van der Waals surface area contributed by atoms with Crippen LogP contribution >= 0.6 is 0 Å². The van der Waals surface area contributed by atoms with Crippen LogP contribution < -0.4 is 5.32 Å². The zero-order valence-electron chi connectivity index (χ0n) is 10.5. The Morgan fingerprint density at radius 2 is 1.50 bits per heavy atom. The lowest BCUT2D eigenvalue weighted by atomic mass is 9.86. The molecule has 0 saturated heterocycles. The third-order valence-electron chi connectivity index (χ3n) is 3.74. The molecule has 2 N–H and O–H groups in total. The minimum absolute atomic E-state index is 0.0333. The Morgan fingerprint density at radius 3 is 1.79 bits per heavy atom. The van der Waals surface area contributed by atoms with Crippen molar-refractivity contribution in [1.82, 2.24) is 5.32 Å². The fraction of sp³-hybridized carbons (Fsp3) is 1.00. The Kier molecular flexibility index (Phi) is 5.68. The van der Waals surface area contributed by atoms with Crippen LogP contribution in [0.2, 0.25) is 0 Å². The molecule has 2 heteroatoms. The van der Waals surface area contributed by atoms with Crippen LogP contribution in [0.4, 0.5) is 0 Å². The average molecular weight is 201 g/mol. The van der Waals surface area contributed by atoms with Crippen LogP contribution in [0, 0.1) is 5.41 Å². The van der Waals surface area contributed by atoms with Crippen LogP contribution in [0.15, 0.2) is 0 Å². The minimum atomic E-state index is 0.0333. The summed E-state index contributed by atoms with van der Waals surface area (Å²) in [6.45, 7) is 12.1. The van der Waals surface area contributed by atoms with Gasteiger partial charge in [-0.1, -0.05) is 27.7 Å². The highest BCUT2D eigenvalue weighted by atomic mass is 16.3. The van der Waals surface area contributed by atoms with Gasteiger partial charge in [-0.15, -0.1) is 0 Å². The highest BCUT2D eigenvalue weighted by Crippen LogP contribution is 2.21. The largest absolute Gasteiger partial charge is 0.396 e. The molecule has 0 aromatic rings. The third-order valence-corrected chi connectivity index (χ3v) is 3.74. The second-order valence-corrected chi connectivity index (χ2v) is 4.94. The second kappa shape index (κ2) is 5.72. The molecule has 86 valence electrons. The lowest BCUT2D eigenvalue weighted by molar-refractivity contribution is 0.122. The van der Waals surface area contributed by atoms with Gasteiger partial charge in [0.2, 0.25) is 0 Å². The topological polar surface area (TPSA) is 32.3 Å². The zero-order chi connectivity index (χ0) is 11.2. The van der Waals surface area contributed by atoms with Gasteiger partial charge in [-0.2, -0.15) is 0 Å². The molecule has 1 unspecified atom stereocenters. The molecule has 0 fully saturated rings. The lowest BCUT2D eigenvalue weighted by Crippen LogP contribution is -2.47. The zero-order valence-corrected chi connectivity index (χ0v) is 10.5. The standard InChI is InChI=1S/C12H27NO/c1-6-11(4,10-14)9-13-12(5,7-2)8-3/h13-14H,6-10H2,1-5H3. The molecule has 0 aromatic carbocycles. The van der Waals surface area contributed by atoms with E-state index in [1.807, 2.05) is 0 Å². The Balaban J connectivity index is 4.14. The van der Waals surface area contributed by atoms with Gasteiger partial charge >= 0.3 is 0 Å². The van der Waals surface area contributed by atoms with E-state index >= 15 is 0 Å². The van der Waals surface area contributed by atoms with Crippen molar-refractivity contribution >= 4 is 0 Å². The molecule has 0 radical (unpaired) electrons. The van der Waals surface area contributed by atoms with Gasteiger partial charge < -0.3 is 10.4 Å². The van der Waals surface area contributed by atoms with Crippen molar-refractivity contribution in [2.45, 2.75) is 59.4 Å². The summed E-state index contributed by atoms with van der Waals surface area (Å²) in [5.41, 5.74) is 0.261. The molecule has 0 spiro atoms. The number of nitrogens with one attached hydrogen (secondary N) is 1. The van der Waals surface area contributed by atoms with Gasteiger partial charge in [0, 0.05) is 24.1 Å². The predicted molar refractivity (Wildman–Crippen MR) is 62.5 cm³/mol. The van der Waals surface area contributed by atoms with Crippen molar-refractivity contribution in [3.05, 3.63) is 0 Å². The van der Waals surface area contributed by atoms with E-state index in [0.29, 0.717) is 0 Å². The molecule has 0 aliphatic carbocycles. The maximum atomic E-state index is 9.29. The summed E-state index contributed by atoms with van der Waals surface area (Å²) in [6, 6.07) is 0. The summed E-state index contributed by atoms with van der Waals surface area (Å²) in [5, 5.41) is 12.9.